The maximum absolute atomic E-state index is 8.74. The third-order valence-corrected chi connectivity index (χ3v) is 3.89. The number of nitrogens with one attached hydrogen (secondary N) is 1. The van der Waals surface area contributed by atoms with Crippen molar-refractivity contribution in [3.63, 3.8) is 0 Å². The van der Waals surface area contributed by atoms with E-state index in [1.807, 2.05) is 18.5 Å². The van der Waals surface area contributed by atoms with Gasteiger partial charge >= 0.3 is 0 Å². The lowest BCUT2D eigenvalue weighted by molar-refractivity contribution is 0.295. The largest absolute Gasteiger partial charge is 0.492 e. The average molecular weight is 297 g/mol. The van der Waals surface area contributed by atoms with Crippen molar-refractivity contribution in [3.8, 4) is 11.8 Å². The summed E-state index contributed by atoms with van der Waals surface area (Å²) in [6, 6.07) is 9.28. The molecule has 2 aromatic rings. The van der Waals surface area contributed by atoms with E-state index in [0.717, 1.165) is 44.0 Å². The van der Waals surface area contributed by atoms with Crippen LogP contribution in [0.15, 0.2) is 30.6 Å². The normalized spacial score (nSPS) is 16.8. The predicted molar refractivity (Wildman–Crippen MR) is 81.4 cm³/mol. The molecule has 0 radical (unpaired) electrons. The van der Waals surface area contributed by atoms with E-state index in [-0.39, 0.29) is 0 Å². The van der Waals surface area contributed by atoms with Crippen LogP contribution in [0.1, 0.15) is 17.8 Å². The molecule has 22 heavy (non-hydrogen) atoms. The van der Waals surface area contributed by atoms with Crippen LogP contribution in [0.25, 0.3) is 0 Å². The van der Waals surface area contributed by atoms with Gasteiger partial charge < -0.3 is 14.6 Å². The van der Waals surface area contributed by atoms with Gasteiger partial charge in [-0.1, -0.05) is 0 Å². The zero-order chi connectivity index (χ0) is 15.2. The smallest absolute Gasteiger partial charge is 0.132 e. The first-order valence-corrected chi connectivity index (χ1v) is 7.55. The molecule has 1 aromatic heterocycles. The third kappa shape index (κ3) is 3.62. The van der Waals surface area contributed by atoms with E-state index in [2.05, 4.69) is 26.2 Å². The van der Waals surface area contributed by atoms with Crippen molar-refractivity contribution in [2.75, 3.05) is 19.7 Å². The number of nitriles is 1. The van der Waals surface area contributed by atoms with Gasteiger partial charge in [0.1, 0.15) is 24.5 Å². The Labute approximate surface area is 129 Å². The van der Waals surface area contributed by atoms with Gasteiger partial charge in [0.2, 0.25) is 0 Å². The molecule has 0 bridgehead atoms. The van der Waals surface area contributed by atoms with Gasteiger partial charge in [0, 0.05) is 19.5 Å². The third-order valence-electron chi connectivity index (χ3n) is 3.89. The van der Waals surface area contributed by atoms with Gasteiger partial charge in [-0.25, -0.2) is 0 Å². The number of hydrogen-bond acceptors (Lipinski definition) is 5. The van der Waals surface area contributed by atoms with Crippen LogP contribution in [0.2, 0.25) is 0 Å². The lowest BCUT2D eigenvalue weighted by Gasteiger charge is -2.23. The van der Waals surface area contributed by atoms with Crippen LogP contribution in [0, 0.1) is 17.2 Å². The van der Waals surface area contributed by atoms with E-state index in [4.69, 9.17) is 10.00 Å². The maximum atomic E-state index is 8.74. The molecule has 0 amide bonds. The summed E-state index contributed by atoms with van der Waals surface area (Å²) < 4.78 is 7.78. The minimum atomic E-state index is 0.622. The highest BCUT2D eigenvalue weighted by molar-refractivity contribution is 5.34. The molecule has 114 valence electrons. The highest BCUT2D eigenvalue weighted by Crippen LogP contribution is 2.17. The molecule has 0 fully saturated rings. The van der Waals surface area contributed by atoms with E-state index >= 15 is 0 Å². The molecule has 1 aliphatic rings. The topological polar surface area (TPSA) is 75.8 Å². The van der Waals surface area contributed by atoms with Crippen LogP contribution in [-0.2, 0) is 13.0 Å². The zero-order valence-corrected chi connectivity index (χ0v) is 12.4. The predicted octanol–water partition coefficient (Wildman–Crippen LogP) is 1.38. The van der Waals surface area contributed by atoms with Gasteiger partial charge in [-0.15, -0.1) is 10.2 Å². The van der Waals surface area contributed by atoms with Gasteiger partial charge in [0.05, 0.1) is 11.6 Å². The van der Waals surface area contributed by atoms with Gasteiger partial charge in [0.25, 0.3) is 0 Å². The molecule has 1 aromatic carbocycles. The molecule has 0 saturated heterocycles. The quantitative estimate of drug-likeness (QED) is 0.815. The Morgan fingerprint density at radius 3 is 3.05 bits per heavy atom. The average Bonchev–Trinajstić information content (AvgIpc) is 3.03. The van der Waals surface area contributed by atoms with Gasteiger partial charge in [-0.05, 0) is 43.1 Å². The lowest BCUT2D eigenvalue weighted by Crippen LogP contribution is -2.32. The molecule has 2 heterocycles. The van der Waals surface area contributed by atoms with Crippen molar-refractivity contribution >= 4 is 0 Å². The fourth-order valence-electron chi connectivity index (χ4n) is 2.67. The highest BCUT2D eigenvalue weighted by Gasteiger charge is 2.18. The van der Waals surface area contributed by atoms with Gasteiger partial charge in [0.15, 0.2) is 0 Å². The van der Waals surface area contributed by atoms with E-state index < -0.39 is 0 Å². The summed E-state index contributed by atoms with van der Waals surface area (Å²) in [6.45, 7) is 3.40. The number of aryl methyl sites for hydroxylation is 1. The van der Waals surface area contributed by atoms with Crippen LogP contribution in [0.4, 0.5) is 0 Å². The Hall–Kier alpha value is -2.39. The van der Waals surface area contributed by atoms with Crippen molar-refractivity contribution < 1.29 is 4.74 Å². The first-order valence-electron chi connectivity index (χ1n) is 7.55. The Morgan fingerprint density at radius 2 is 2.23 bits per heavy atom. The van der Waals surface area contributed by atoms with Crippen LogP contribution in [0.3, 0.4) is 0 Å². The summed E-state index contributed by atoms with van der Waals surface area (Å²) in [6.07, 6.45) is 3.98. The molecule has 1 aliphatic heterocycles. The standard InChI is InChI=1S/C16H19N5O/c17-9-13-1-4-15(5-2-13)22-8-7-18-10-14-3-6-16-20-19-12-21(16)11-14/h1-2,4-5,12,14,18H,3,6-8,10-11H2. The fraction of sp³-hybridized carbons (Fsp3) is 0.438. The number of benzene rings is 1. The Kier molecular flexibility index (Phi) is 4.66. The minimum Gasteiger partial charge on any atom is -0.492 e. The molecule has 0 saturated carbocycles. The van der Waals surface area contributed by atoms with Crippen molar-refractivity contribution in [3.05, 3.63) is 42.0 Å². The van der Waals surface area contributed by atoms with Crippen LogP contribution in [0.5, 0.6) is 5.75 Å². The number of rotatable bonds is 6. The van der Waals surface area contributed by atoms with Crippen molar-refractivity contribution in [2.24, 2.45) is 5.92 Å². The molecule has 0 spiro atoms. The van der Waals surface area contributed by atoms with E-state index in [0.29, 0.717) is 18.1 Å². The summed E-state index contributed by atoms with van der Waals surface area (Å²) in [5.41, 5.74) is 0.649. The number of nitrogens with zero attached hydrogens (tertiary/aromatic N) is 4. The molecule has 1 unspecified atom stereocenters. The lowest BCUT2D eigenvalue weighted by atomic mass is 9.99. The summed E-state index contributed by atoms with van der Waals surface area (Å²) in [7, 11) is 0. The highest BCUT2D eigenvalue weighted by atomic mass is 16.5. The second kappa shape index (κ2) is 7.05. The van der Waals surface area contributed by atoms with Gasteiger partial charge in [-0.2, -0.15) is 5.26 Å². The maximum Gasteiger partial charge on any atom is 0.132 e. The molecular formula is C16H19N5O. The molecule has 6 nitrogen and oxygen atoms in total. The first kappa shape index (κ1) is 14.5. The van der Waals surface area contributed by atoms with Crippen LogP contribution >= 0.6 is 0 Å². The van der Waals surface area contributed by atoms with Crippen molar-refractivity contribution in [1.29, 1.82) is 5.26 Å². The Morgan fingerprint density at radius 1 is 1.36 bits per heavy atom. The Bertz CT molecular complexity index is 643. The van der Waals surface area contributed by atoms with Crippen molar-refractivity contribution in [1.82, 2.24) is 20.1 Å². The first-order chi connectivity index (χ1) is 10.8. The number of hydrogen-bond donors (Lipinski definition) is 1. The second-order valence-electron chi connectivity index (χ2n) is 5.49. The molecule has 6 heteroatoms. The summed E-state index contributed by atoms with van der Waals surface area (Å²) in [5, 5.41) is 20.2. The minimum absolute atomic E-state index is 0.622. The van der Waals surface area contributed by atoms with E-state index in [9.17, 15) is 0 Å². The van der Waals surface area contributed by atoms with Crippen LogP contribution in [-0.4, -0.2) is 34.5 Å². The Balaban J connectivity index is 1.33. The summed E-state index contributed by atoms with van der Waals surface area (Å²) >= 11 is 0. The summed E-state index contributed by atoms with van der Waals surface area (Å²) in [5.74, 6) is 2.52. The van der Waals surface area contributed by atoms with Gasteiger partial charge in [-0.3, -0.25) is 0 Å². The fourth-order valence-corrected chi connectivity index (χ4v) is 2.67. The SMILES string of the molecule is N#Cc1ccc(OCCNCC2CCc3nncn3C2)cc1. The summed E-state index contributed by atoms with van der Waals surface area (Å²) in [4.78, 5) is 0. The van der Waals surface area contributed by atoms with Crippen LogP contribution < -0.4 is 10.1 Å². The van der Waals surface area contributed by atoms with Crippen molar-refractivity contribution in [2.45, 2.75) is 19.4 Å². The molecule has 1 N–H and O–H groups in total. The van der Waals surface area contributed by atoms with E-state index in [1.165, 1.54) is 0 Å². The monoisotopic (exact) mass is 297 g/mol. The molecule has 1 atom stereocenters. The molecule has 3 rings (SSSR count). The molecular weight excluding hydrogens is 278 g/mol. The molecule has 0 aliphatic carbocycles. The van der Waals surface area contributed by atoms with E-state index in [1.54, 1.807) is 12.1 Å². The number of aromatic nitrogens is 3. The second-order valence-corrected chi connectivity index (χ2v) is 5.49. The number of ether oxygens (including phenoxy) is 1. The number of fused-ring (bicyclic) bond motifs is 1. The zero-order valence-electron chi connectivity index (χ0n) is 12.4.